The van der Waals surface area contributed by atoms with Crippen LogP contribution >= 0.6 is 0 Å². The smallest absolute Gasteiger partial charge is 0.319 e. The highest BCUT2D eigenvalue weighted by molar-refractivity contribution is 7.62. The van der Waals surface area contributed by atoms with Crippen molar-refractivity contribution in [1.29, 1.82) is 0 Å². The molecule has 3 aliphatic rings. The summed E-state index contributed by atoms with van der Waals surface area (Å²) >= 11 is 0. The molecule has 0 N–H and O–H groups in total. The highest BCUT2D eigenvalue weighted by atomic mass is 32.2. The van der Waals surface area contributed by atoms with Gasteiger partial charge in [-0.3, -0.25) is 4.79 Å². The van der Waals surface area contributed by atoms with E-state index in [0.29, 0.717) is 37.6 Å². The molecular weight excluding hydrogens is 351 g/mol. The predicted octanol–water partition coefficient (Wildman–Crippen LogP) is 1.74. The Morgan fingerprint density at radius 1 is 1.32 bits per heavy atom. The number of halogens is 1. The Labute approximate surface area is 143 Å². The summed E-state index contributed by atoms with van der Waals surface area (Å²) in [6, 6.07) is 4.60. The molecule has 0 saturated heterocycles. The van der Waals surface area contributed by atoms with Crippen LogP contribution in [0.25, 0.3) is 5.82 Å². The second-order valence-corrected chi connectivity index (χ2v) is 7.20. The van der Waals surface area contributed by atoms with Crippen molar-refractivity contribution in [3.05, 3.63) is 36.2 Å². The molecule has 5 rings (SSSR count). The molecule has 3 fully saturated rings. The van der Waals surface area contributed by atoms with E-state index < -0.39 is 22.1 Å². The summed E-state index contributed by atoms with van der Waals surface area (Å²) in [6.07, 6.45) is 4.57. The van der Waals surface area contributed by atoms with Crippen LogP contribution in [0.15, 0.2) is 35.0 Å². The standard InChI is InChI=1S/C15H13FN4O4S/c16-15-6-14(7-15,8-15)9-24-12-3-4-20(18-12)11-2-1-10(5-17-11)13(21)19-25(22)23/h1-5H,6-9H2. The fraction of sp³-hybridized carbons (Fsp3) is 0.400. The maximum absolute atomic E-state index is 13.5. The summed E-state index contributed by atoms with van der Waals surface area (Å²) in [7, 11) is -2.80. The topological polar surface area (TPSA) is 104 Å². The van der Waals surface area contributed by atoms with Crippen molar-refractivity contribution in [1.82, 2.24) is 14.8 Å². The van der Waals surface area contributed by atoms with Gasteiger partial charge in [-0.25, -0.2) is 14.1 Å². The van der Waals surface area contributed by atoms with Crippen LogP contribution in [0.1, 0.15) is 29.6 Å². The molecule has 1 amide bonds. The fourth-order valence-corrected chi connectivity index (χ4v) is 3.76. The Morgan fingerprint density at radius 2 is 2.08 bits per heavy atom. The van der Waals surface area contributed by atoms with Gasteiger partial charge < -0.3 is 4.74 Å². The van der Waals surface area contributed by atoms with E-state index in [1.807, 2.05) is 0 Å². The number of alkyl halides is 1. The lowest BCUT2D eigenvalue weighted by molar-refractivity contribution is -0.226. The Hall–Kier alpha value is -2.62. The van der Waals surface area contributed by atoms with E-state index in [9.17, 15) is 17.6 Å². The van der Waals surface area contributed by atoms with Crippen molar-refractivity contribution in [2.45, 2.75) is 24.9 Å². The first-order valence-corrected chi connectivity index (χ1v) is 8.59. The van der Waals surface area contributed by atoms with Gasteiger partial charge in [0.15, 0.2) is 5.82 Å². The number of amides is 1. The van der Waals surface area contributed by atoms with Crippen LogP contribution in [0.3, 0.4) is 0 Å². The molecule has 0 aliphatic heterocycles. The first-order chi connectivity index (χ1) is 11.9. The van der Waals surface area contributed by atoms with Crippen LogP contribution in [-0.4, -0.2) is 41.4 Å². The number of pyridine rings is 1. The van der Waals surface area contributed by atoms with Gasteiger partial charge >= 0.3 is 10.5 Å². The van der Waals surface area contributed by atoms with E-state index in [0.717, 1.165) is 0 Å². The molecule has 0 radical (unpaired) electrons. The molecule has 0 aromatic carbocycles. The minimum atomic E-state index is -2.80. The Kier molecular flexibility index (Phi) is 3.46. The van der Waals surface area contributed by atoms with Gasteiger partial charge in [0, 0.05) is 23.9 Å². The van der Waals surface area contributed by atoms with Gasteiger partial charge in [0.2, 0.25) is 5.88 Å². The Balaban J connectivity index is 1.41. The van der Waals surface area contributed by atoms with Gasteiger partial charge in [-0.05, 0) is 31.4 Å². The third-order valence-corrected chi connectivity index (χ3v) is 4.87. The lowest BCUT2D eigenvalue weighted by atomic mass is 9.43. The molecule has 2 aromatic heterocycles. The molecule has 0 unspecified atom stereocenters. The van der Waals surface area contributed by atoms with Gasteiger partial charge in [-0.2, -0.15) is 8.42 Å². The van der Waals surface area contributed by atoms with Crippen molar-refractivity contribution < 1.29 is 22.3 Å². The second-order valence-electron chi connectivity index (χ2n) is 6.59. The second kappa shape index (κ2) is 5.45. The summed E-state index contributed by atoms with van der Waals surface area (Å²) in [5.41, 5.74) is -0.916. The van der Waals surface area contributed by atoms with Crippen molar-refractivity contribution in [3.8, 4) is 11.7 Å². The first-order valence-electron chi connectivity index (χ1n) is 7.56. The molecule has 2 aromatic rings. The minimum Gasteiger partial charge on any atom is -0.476 e. The first kappa shape index (κ1) is 15.9. The van der Waals surface area contributed by atoms with Gasteiger partial charge in [0.25, 0.3) is 5.91 Å². The normalized spacial score (nSPS) is 26.3. The average molecular weight is 364 g/mol. The molecule has 3 saturated carbocycles. The summed E-state index contributed by atoms with van der Waals surface area (Å²) < 4.78 is 44.3. The van der Waals surface area contributed by atoms with Crippen LogP contribution in [0, 0.1) is 5.41 Å². The lowest BCUT2D eigenvalue weighted by Crippen LogP contribution is -2.66. The Bertz CT molecular complexity index is 955. The van der Waals surface area contributed by atoms with Gasteiger partial charge in [-0.15, -0.1) is 5.10 Å². The van der Waals surface area contributed by atoms with E-state index in [1.165, 1.54) is 23.0 Å². The number of rotatable bonds is 5. The number of nitrogens with zero attached hydrogens (tertiary/aromatic N) is 4. The highest BCUT2D eigenvalue weighted by Gasteiger charge is 2.69. The zero-order chi connectivity index (χ0) is 17.7. The molecule has 3 aliphatic carbocycles. The fourth-order valence-electron chi connectivity index (χ4n) is 3.52. The van der Waals surface area contributed by atoms with E-state index in [2.05, 4.69) is 14.4 Å². The van der Waals surface area contributed by atoms with Crippen LogP contribution in [0.5, 0.6) is 5.88 Å². The molecule has 10 heteroatoms. The number of carbonyl (C=O) groups excluding carboxylic acids is 1. The molecule has 25 heavy (non-hydrogen) atoms. The quantitative estimate of drug-likeness (QED) is 0.800. The van der Waals surface area contributed by atoms with Crippen molar-refractivity contribution in [3.63, 3.8) is 0 Å². The highest BCUT2D eigenvalue weighted by Crippen LogP contribution is 2.69. The maximum atomic E-state index is 13.5. The minimum absolute atomic E-state index is 0.0239. The number of aromatic nitrogens is 3. The number of carbonyl (C=O) groups is 1. The number of ether oxygens (including phenoxy) is 1. The average Bonchev–Trinajstić information content (AvgIpc) is 2.98. The van der Waals surface area contributed by atoms with Gasteiger partial charge in [-0.1, -0.05) is 4.36 Å². The summed E-state index contributed by atoms with van der Waals surface area (Å²) in [4.78, 5) is 15.5. The number of hydrogen-bond acceptors (Lipinski definition) is 6. The lowest BCUT2D eigenvalue weighted by Gasteiger charge is -2.65. The molecule has 130 valence electrons. The summed E-state index contributed by atoms with van der Waals surface area (Å²) in [5.74, 6) is -0.0414. The molecular formula is C15H13FN4O4S. The van der Waals surface area contributed by atoms with Crippen molar-refractivity contribution in [2.75, 3.05) is 6.61 Å². The SMILES string of the molecule is O=C(N=S(=O)=O)c1ccc(-n2ccc(OCC34CC(F)(C3)C4)n2)nc1. The van der Waals surface area contributed by atoms with Crippen LogP contribution in [0.2, 0.25) is 0 Å². The number of hydrogen-bond donors (Lipinski definition) is 0. The van der Waals surface area contributed by atoms with E-state index >= 15 is 0 Å². The third kappa shape index (κ3) is 2.93. The predicted molar refractivity (Wildman–Crippen MR) is 82.7 cm³/mol. The summed E-state index contributed by atoms with van der Waals surface area (Å²) in [5, 5.41) is 4.23. The maximum Gasteiger partial charge on any atom is 0.319 e. The third-order valence-electron chi connectivity index (χ3n) is 4.55. The van der Waals surface area contributed by atoms with Gasteiger partial charge in [0.05, 0.1) is 12.2 Å². The molecule has 0 atom stereocenters. The van der Waals surface area contributed by atoms with Crippen LogP contribution in [0.4, 0.5) is 4.39 Å². The molecule has 0 spiro atoms. The van der Waals surface area contributed by atoms with Crippen molar-refractivity contribution in [2.24, 2.45) is 9.78 Å². The zero-order valence-electron chi connectivity index (χ0n) is 12.9. The largest absolute Gasteiger partial charge is 0.476 e. The monoisotopic (exact) mass is 364 g/mol. The van der Waals surface area contributed by atoms with E-state index in [1.54, 1.807) is 12.3 Å². The van der Waals surface area contributed by atoms with E-state index in [4.69, 9.17) is 4.74 Å². The summed E-state index contributed by atoms with van der Waals surface area (Å²) in [6.45, 7) is 0.449. The molecule has 2 bridgehead atoms. The molecule has 2 heterocycles. The van der Waals surface area contributed by atoms with Crippen LogP contribution in [-0.2, 0) is 10.5 Å². The Morgan fingerprint density at radius 3 is 2.68 bits per heavy atom. The zero-order valence-corrected chi connectivity index (χ0v) is 13.7. The van der Waals surface area contributed by atoms with Crippen molar-refractivity contribution >= 4 is 16.4 Å². The van der Waals surface area contributed by atoms with Gasteiger partial charge in [0.1, 0.15) is 5.67 Å². The van der Waals surface area contributed by atoms with E-state index in [-0.39, 0.29) is 11.0 Å². The van der Waals surface area contributed by atoms with Crippen LogP contribution < -0.4 is 4.74 Å². The molecule has 8 nitrogen and oxygen atoms in total.